The molecule has 0 spiro atoms. The number of carbonyl (C=O) groups excluding carboxylic acids is 3. The second kappa shape index (κ2) is 9.41. The lowest BCUT2D eigenvalue weighted by atomic mass is 10.1. The van der Waals surface area contributed by atoms with E-state index in [0.29, 0.717) is 45.2 Å². The second-order valence-electron chi connectivity index (χ2n) is 8.03. The first-order chi connectivity index (χ1) is 14.3. The lowest BCUT2D eigenvalue weighted by molar-refractivity contribution is -0.153. The fraction of sp³-hybridized carbons (Fsp3) is 0.737. The van der Waals surface area contributed by atoms with Crippen molar-refractivity contribution in [2.75, 3.05) is 19.6 Å². The van der Waals surface area contributed by atoms with E-state index in [1.165, 1.54) is 9.80 Å². The van der Waals surface area contributed by atoms with Gasteiger partial charge in [0.2, 0.25) is 17.7 Å². The summed E-state index contributed by atoms with van der Waals surface area (Å²) in [6.45, 7) is 1.25. The third-order valence-electron chi connectivity index (χ3n) is 6.01. The number of hydrogen-bond acceptors (Lipinski definition) is 6. The molecule has 0 aromatic heterocycles. The highest BCUT2D eigenvalue weighted by Crippen LogP contribution is 2.26. The molecule has 3 heterocycles. The largest absolute Gasteiger partial charge is 0.481 e. The van der Waals surface area contributed by atoms with E-state index in [1.807, 2.05) is 0 Å². The number of likely N-dealkylation sites (tertiary alicyclic amines) is 2. The monoisotopic (exact) mass is 424 g/mol. The van der Waals surface area contributed by atoms with Crippen LogP contribution in [0.3, 0.4) is 0 Å². The van der Waals surface area contributed by atoms with E-state index in [0.717, 1.165) is 6.42 Å². The molecule has 30 heavy (non-hydrogen) atoms. The van der Waals surface area contributed by atoms with Crippen LogP contribution in [0.25, 0.3) is 0 Å². The minimum Gasteiger partial charge on any atom is -0.481 e. The van der Waals surface area contributed by atoms with Gasteiger partial charge in [-0.1, -0.05) is 0 Å². The minimum absolute atomic E-state index is 0.258. The van der Waals surface area contributed by atoms with Crippen LogP contribution in [0, 0.1) is 0 Å². The summed E-state index contributed by atoms with van der Waals surface area (Å²) in [4.78, 5) is 63.9. The molecule has 11 heteroatoms. The zero-order valence-corrected chi connectivity index (χ0v) is 16.7. The summed E-state index contributed by atoms with van der Waals surface area (Å²) in [5.74, 6) is -3.79. The Bertz CT molecular complexity index is 722. The summed E-state index contributed by atoms with van der Waals surface area (Å²) in [7, 11) is 0. The Morgan fingerprint density at radius 1 is 0.933 bits per heavy atom. The third kappa shape index (κ3) is 4.72. The van der Waals surface area contributed by atoms with E-state index in [2.05, 4.69) is 10.6 Å². The first kappa shape index (κ1) is 22.0. The van der Waals surface area contributed by atoms with Crippen molar-refractivity contribution in [3.05, 3.63) is 0 Å². The van der Waals surface area contributed by atoms with Gasteiger partial charge in [-0.05, 0) is 45.1 Å². The Balaban J connectivity index is 1.72. The summed E-state index contributed by atoms with van der Waals surface area (Å²) in [6.07, 6.45) is 2.71. The first-order valence-electron chi connectivity index (χ1n) is 10.4. The van der Waals surface area contributed by atoms with Crippen molar-refractivity contribution < 1.29 is 34.2 Å². The van der Waals surface area contributed by atoms with Gasteiger partial charge in [-0.15, -0.1) is 0 Å². The highest BCUT2D eigenvalue weighted by molar-refractivity contribution is 5.96. The molecular weight excluding hydrogens is 396 g/mol. The Kier molecular flexibility index (Phi) is 6.91. The SMILES string of the molecule is O=C(O)CC(NC(=O)C1CCCN1)C(=O)N1CCCC1C(=O)N1CCCC1C(=O)O. The molecule has 166 valence electrons. The van der Waals surface area contributed by atoms with Gasteiger partial charge in [-0.25, -0.2) is 4.79 Å². The number of carboxylic acids is 2. The summed E-state index contributed by atoms with van der Waals surface area (Å²) in [5, 5.41) is 24.1. The molecule has 0 aromatic rings. The second-order valence-corrected chi connectivity index (χ2v) is 8.03. The van der Waals surface area contributed by atoms with Crippen LogP contribution < -0.4 is 10.6 Å². The molecule has 3 amide bonds. The molecule has 0 aromatic carbocycles. The van der Waals surface area contributed by atoms with Crippen LogP contribution in [0.4, 0.5) is 0 Å². The number of carboxylic acid groups (broad SMARTS) is 2. The molecule has 4 unspecified atom stereocenters. The number of aliphatic carboxylic acids is 2. The minimum atomic E-state index is -1.28. The van der Waals surface area contributed by atoms with E-state index in [1.54, 1.807) is 0 Å². The highest BCUT2D eigenvalue weighted by Gasteiger charge is 2.44. The van der Waals surface area contributed by atoms with Crippen molar-refractivity contribution in [1.29, 1.82) is 0 Å². The standard InChI is InChI=1S/C19H28N4O7/c24-15(25)10-12(21-16(26)11-4-1-7-20-11)17(27)22-8-2-5-13(22)18(28)23-9-3-6-14(23)19(29)30/h11-14,20H,1-10H2,(H,21,26)(H,24,25)(H,29,30). The Labute approximate surface area is 173 Å². The topological polar surface area (TPSA) is 156 Å². The summed E-state index contributed by atoms with van der Waals surface area (Å²) in [5.41, 5.74) is 0. The average Bonchev–Trinajstić information content (AvgIpc) is 3.47. The van der Waals surface area contributed by atoms with Crippen LogP contribution in [0.5, 0.6) is 0 Å². The number of carbonyl (C=O) groups is 5. The van der Waals surface area contributed by atoms with Crippen molar-refractivity contribution in [2.24, 2.45) is 0 Å². The molecule has 0 radical (unpaired) electrons. The predicted molar refractivity (Wildman–Crippen MR) is 102 cm³/mol. The zero-order valence-electron chi connectivity index (χ0n) is 16.7. The molecule has 4 atom stereocenters. The van der Waals surface area contributed by atoms with Crippen LogP contribution >= 0.6 is 0 Å². The molecule has 3 saturated heterocycles. The van der Waals surface area contributed by atoms with Crippen molar-refractivity contribution >= 4 is 29.7 Å². The van der Waals surface area contributed by atoms with Crippen LogP contribution in [-0.2, 0) is 24.0 Å². The summed E-state index contributed by atoms with van der Waals surface area (Å²) < 4.78 is 0. The summed E-state index contributed by atoms with van der Waals surface area (Å²) >= 11 is 0. The number of nitrogens with one attached hydrogen (secondary N) is 2. The van der Waals surface area contributed by atoms with E-state index in [4.69, 9.17) is 0 Å². The Morgan fingerprint density at radius 3 is 2.20 bits per heavy atom. The van der Waals surface area contributed by atoms with E-state index >= 15 is 0 Å². The maximum atomic E-state index is 13.1. The third-order valence-corrected chi connectivity index (χ3v) is 6.01. The molecule has 0 saturated carbocycles. The maximum Gasteiger partial charge on any atom is 0.326 e. The Hall–Kier alpha value is -2.69. The molecule has 3 aliphatic rings. The smallest absolute Gasteiger partial charge is 0.326 e. The molecule has 0 aliphatic carbocycles. The number of rotatable bonds is 7. The zero-order chi connectivity index (χ0) is 21.8. The van der Waals surface area contributed by atoms with Gasteiger partial charge < -0.3 is 30.6 Å². The van der Waals surface area contributed by atoms with Crippen molar-refractivity contribution in [1.82, 2.24) is 20.4 Å². The number of hydrogen-bond donors (Lipinski definition) is 4. The summed E-state index contributed by atoms with van der Waals surface area (Å²) in [6, 6.07) is -3.49. The fourth-order valence-corrected chi connectivity index (χ4v) is 4.52. The molecule has 3 fully saturated rings. The van der Waals surface area contributed by atoms with Crippen molar-refractivity contribution in [3.8, 4) is 0 Å². The van der Waals surface area contributed by atoms with Crippen LogP contribution in [-0.4, -0.2) is 93.5 Å². The van der Waals surface area contributed by atoms with Gasteiger partial charge in [0.15, 0.2) is 0 Å². The number of nitrogens with zero attached hydrogens (tertiary/aromatic N) is 2. The van der Waals surface area contributed by atoms with E-state index in [9.17, 15) is 34.2 Å². The molecule has 4 N–H and O–H groups in total. The van der Waals surface area contributed by atoms with E-state index in [-0.39, 0.29) is 6.54 Å². The molecule has 11 nitrogen and oxygen atoms in total. The van der Waals surface area contributed by atoms with Crippen LogP contribution in [0.15, 0.2) is 0 Å². The fourth-order valence-electron chi connectivity index (χ4n) is 4.52. The van der Waals surface area contributed by atoms with E-state index < -0.39 is 60.2 Å². The highest BCUT2D eigenvalue weighted by atomic mass is 16.4. The van der Waals surface area contributed by atoms with Gasteiger partial charge in [0.1, 0.15) is 18.1 Å². The lowest BCUT2D eigenvalue weighted by Crippen LogP contribution is -2.57. The van der Waals surface area contributed by atoms with Gasteiger partial charge in [0, 0.05) is 13.1 Å². The molecule has 3 rings (SSSR count). The quantitative estimate of drug-likeness (QED) is 0.396. The van der Waals surface area contributed by atoms with Gasteiger partial charge >= 0.3 is 11.9 Å². The van der Waals surface area contributed by atoms with Gasteiger partial charge in [-0.3, -0.25) is 19.2 Å². The van der Waals surface area contributed by atoms with Crippen molar-refractivity contribution in [2.45, 2.75) is 69.1 Å². The first-order valence-corrected chi connectivity index (χ1v) is 10.4. The maximum absolute atomic E-state index is 13.1. The average molecular weight is 424 g/mol. The van der Waals surface area contributed by atoms with Gasteiger partial charge in [0.25, 0.3) is 0 Å². The number of amides is 3. The normalized spacial score (nSPS) is 27.1. The molecule has 0 bridgehead atoms. The van der Waals surface area contributed by atoms with Crippen LogP contribution in [0.2, 0.25) is 0 Å². The molecular formula is C19H28N4O7. The van der Waals surface area contributed by atoms with Crippen molar-refractivity contribution in [3.63, 3.8) is 0 Å². The Morgan fingerprint density at radius 2 is 1.60 bits per heavy atom. The lowest BCUT2D eigenvalue weighted by Gasteiger charge is -2.32. The van der Waals surface area contributed by atoms with Crippen LogP contribution in [0.1, 0.15) is 44.9 Å². The molecule has 3 aliphatic heterocycles. The predicted octanol–water partition coefficient (Wildman–Crippen LogP) is -1.24. The van der Waals surface area contributed by atoms with Gasteiger partial charge in [-0.2, -0.15) is 0 Å². The van der Waals surface area contributed by atoms with Gasteiger partial charge in [0.05, 0.1) is 12.5 Å².